The van der Waals surface area contributed by atoms with Crippen LogP contribution in [0.3, 0.4) is 0 Å². The SMILES string of the molecule is CC(Oc1cc(F)ccc1F)[C@H](C)O. The molecule has 1 aromatic rings. The van der Waals surface area contributed by atoms with E-state index in [2.05, 4.69) is 0 Å². The first-order chi connectivity index (χ1) is 6.50. The minimum atomic E-state index is -0.738. The third-order valence-electron chi connectivity index (χ3n) is 1.89. The van der Waals surface area contributed by atoms with Gasteiger partial charge in [-0.1, -0.05) is 0 Å². The fraction of sp³-hybridized carbons (Fsp3) is 0.400. The minimum Gasteiger partial charge on any atom is -0.485 e. The van der Waals surface area contributed by atoms with E-state index < -0.39 is 23.8 Å². The predicted molar refractivity (Wildman–Crippen MR) is 48.1 cm³/mol. The van der Waals surface area contributed by atoms with Crippen molar-refractivity contribution >= 4 is 0 Å². The number of benzene rings is 1. The average molecular weight is 202 g/mol. The quantitative estimate of drug-likeness (QED) is 0.813. The van der Waals surface area contributed by atoms with Crippen molar-refractivity contribution in [3.8, 4) is 5.75 Å². The van der Waals surface area contributed by atoms with Gasteiger partial charge in [0.1, 0.15) is 11.9 Å². The van der Waals surface area contributed by atoms with Gasteiger partial charge in [0.2, 0.25) is 0 Å². The van der Waals surface area contributed by atoms with Crippen LogP contribution in [0.1, 0.15) is 13.8 Å². The van der Waals surface area contributed by atoms with Gasteiger partial charge in [0.15, 0.2) is 11.6 Å². The number of ether oxygens (including phenoxy) is 1. The van der Waals surface area contributed by atoms with E-state index in [1.165, 1.54) is 6.92 Å². The molecule has 0 saturated carbocycles. The second kappa shape index (κ2) is 4.37. The highest BCUT2D eigenvalue weighted by Gasteiger charge is 2.13. The fourth-order valence-electron chi connectivity index (χ4n) is 0.866. The fourth-order valence-corrected chi connectivity index (χ4v) is 0.866. The van der Waals surface area contributed by atoms with Crippen LogP contribution in [-0.2, 0) is 0 Å². The van der Waals surface area contributed by atoms with Crippen LogP contribution in [0.25, 0.3) is 0 Å². The highest BCUT2D eigenvalue weighted by atomic mass is 19.1. The zero-order valence-electron chi connectivity index (χ0n) is 8.00. The van der Waals surface area contributed by atoms with Crippen molar-refractivity contribution in [2.75, 3.05) is 0 Å². The first kappa shape index (κ1) is 10.9. The van der Waals surface area contributed by atoms with Crippen molar-refractivity contribution in [2.24, 2.45) is 0 Å². The molecular weight excluding hydrogens is 190 g/mol. The Morgan fingerprint density at radius 3 is 2.50 bits per heavy atom. The third kappa shape index (κ3) is 2.67. The molecule has 0 fully saturated rings. The Bertz CT molecular complexity index is 313. The molecule has 0 bridgehead atoms. The Kier molecular flexibility index (Phi) is 3.41. The summed E-state index contributed by atoms with van der Waals surface area (Å²) in [4.78, 5) is 0. The van der Waals surface area contributed by atoms with Crippen LogP contribution >= 0.6 is 0 Å². The van der Waals surface area contributed by atoms with Gasteiger partial charge in [-0.25, -0.2) is 8.78 Å². The molecule has 0 amide bonds. The molecule has 0 saturated heterocycles. The maximum atomic E-state index is 13.0. The maximum absolute atomic E-state index is 13.0. The predicted octanol–water partition coefficient (Wildman–Crippen LogP) is 2.11. The normalized spacial score (nSPS) is 14.9. The van der Waals surface area contributed by atoms with Gasteiger partial charge in [-0.3, -0.25) is 0 Å². The number of hydrogen-bond donors (Lipinski definition) is 1. The van der Waals surface area contributed by atoms with Gasteiger partial charge in [-0.15, -0.1) is 0 Å². The number of aliphatic hydroxyl groups is 1. The summed E-state index contributed by atoms with van der Waals surface area (Å²) in [5.74, 6) is -1.39. The average Bonchev–Trinajstić information content (AvgIpc) is 2.11. The van der Waals surface area contributed by atoms with Gasteiger partial charge in [0.05, 0.1) is 6.10 Å². The molecule has 0 aromatic heterocycles. The standard InChI is InChI=1S/C10H12F2O2/c1-6(13)7(2)14-10-5-8(11)3-4-9(10)12/h3-7,13H,1-2H3/t6-,7?/m0/s1. The summed E-state index contributed by atoms with van der Waals surface area (Å²) < 4.78 is 30.7. The van der Waals surface area contributed by atoms with E-state index in [0.29, 0.717) is 0 Å². The van der Waals surface area contributed by atoms with Gasteiger partial charge in [-0.05, 0) is 26.0 Å². The molecule has 1 unspecified atom stereocenters. The van der Waals surface area contributed by atoms with Crippen molar-refractivity contribution in [1.82, 2.24) is 0 Å². The van der Waals surface area contributed by atoms with Gasteiger partial charge < -0.3 is 9.84 Å². The molecular formula is C10H12F2O2. The maximum Gasteiger partial charge on any atom is 0.165 e. The van der Waals surface area contributed by atoms with Gasteiger partial charge in [0, 0.05) is 6.07 Å². The Labute approximate surface area is 81.1 Å². The third-order valence-corrected chi connectivity index (χ3v) is 1.89. The van der Waals surface area contributed by atoms with E-state index in [1.807, 2.05) is 0 Å². The Hall–Kier alpha value is -1.16. The zero-order chi connectivity index (χ0) is 10.7. The van der Waals surface area contributed by atoms with Crippen LogP contribution in [-0.4, -0.2) is 17.3 Å². The summed E-state index contributed by atoms with van der Waals surface area (Å²) in [6.45, 7) is 3.09. The van der Waals surface area contributed by atoms with Crippen LogP contribution in [0.2, 0.25) is 0 Å². The second-order valence-electron chi connectivity index (χ2n) is 3.14. The first-order valence-corrected chi connectivity index (χ1v) is 4.30. The highest BCUT2D eigenvalue weighted by molar-refractivity contribution is 5.25. The van der Waals surface area contributed by atoms with E-state index in [9.17, 15) is 8.78 Å². The van der Waals surface area contributed by atoms with Crippen LogP contribution in [0.4, 0.5) is 8.78 Å². The van der Waals surface area contributed by atoms with Crippen molar-refractivity contribution in [1.29, 1.82) is 0 Å². The molecule has 0 aliphatic heterocycles. The molecule has 2 nitrogen and oxygen atoms in total. The molecule has 0 radical (unpaired) electrons. The number of rotatable bonds is 3. The summed E-state index contributed by atoms with van der Waals surface area (Å²) in [6, 6.07) is 2.95. The lowest BCUT2D eigenvalue weighted by molar-refractivity contribution is 0.0576. The largest absolute Gasteiger partial charge is 0.485 e. The lowest BCUT2D eigenvalue weighted by atomic mass is 10.2. The number of aliphatic hydroxyl groups excluding tert-OH is 1. The van der Waals surface area contributed by atoms with Crippen molar-refractivity contribution in [2.45, 2.75) is 26.1 Å². The molecule has 14 heavy (non-hydrogen) atoms. The van der Waals surface area contributed by atoms with Crippen molar-refractivity contribution in [3.05, 3.63) is 29.8 Å². The topological polar surface area (TPSA) is 29.5 Å². The molecule has 0 aliphatic rings. The molecule has 4 heteroatoms. The molecule has 2 atom stereocenters. The zero-order valence-corrected chi connectivity index (χ0v) is 8.00. The Morgan fingerprint density at radius 1 is 1.29 bits per heavy atom. The Morgan fingerprint density at radius 2 is 1.93 bits per heavy atom. The van der Waals surface area contributed by atoms with Crippen LogP contribution in [0, 0.1) is 11.6 Å². The van der Waals surface area contributed by atoms with E-state index in [4.69, 9.17) is 9.84 Å². The summed E-state index contributed by atoms with van der Waals surface area (Å²) in [6.07, 6.45) is -1.32. The summed E-state index contributed by atoms with van der Waals surface area (Å²) in [7, 11) is 0. The second-order valence-corrected chi connectivity index (χ2v) is 3.14. The summed E-state index contributed by atoms with van der Waals surface area (Å²) >= 11 is 0. The molecule has 1 aromatic carbocycles. The molecule has 0 aliphatic carbocycles. The van der Waals surface area contributed by atoms with Crippen molar-refractivity contribution < 1.29 is 18.6 Å². The first-order valence-electron chi connectivity index (χ1n) is 4.30. The van der Waals surface area contributed by atoms with Gasteiger partial charge >= 0.3 is 0 Å². The smallest absolute Gasteiger partial charge is 0.165 e. The molecule has 78 valence electrons. The summed E-state index contributed by atoms with van der Waals surface area (Å²) in [5, 5.41) is 9.10. The Balaban J connectivity index is 2.80. The van der Waals surface area contributed by atoms with Gasteiger partial charge in [0.25, 0.3) is 0 Å². The van der Waals surface area contributed by atoms with E-state index in [-0.39, 0.29) is 5.75 Å². The number of hydrogen-bond acceptors (Lipinski definition) is 2. The van der Waals surface area contributed by atoms with Crippen LogP contribution in [0.15, 0.2) is 18.2 Å². The lowest BCUT2D eigenvalue weighted by Gasteiger charge is -2.17. The monoisotopic (exact) mass is 202 g/mol. The molecule has 1 rings (SSSR count). The molecule has 0 spiro atoms. The summed E-state index contributed by atoms with van der Waals surface area (Å²) in [5.41, 5.74) is 0. The van der Waals surface area contributed by atoms with E-state index in [0.717, 1.165) is 18.2 Å². The van der Waals surface area contributed by atoms with Crippen LogP contribution < -0.4 is 4.74 Å². The molecule has 1 N–H and O–H groups in total. The highest BCUT2D eigenvalue weighted by Crippen LogP contribution is 2.19. The number of halogens is 2. The van der Waals surface area contributed by atoms with Gasteiger partial charge in [-0.2, -0.15) is 0 Å². The van der Waals surface area contributed by atoms with Crippen LogP contribution in [0.5, 0.6) is 5.75 Å². The van der Waals surface area contributed by atoms with E-state index >= 15 is 0 Å². The van der Waals surface area contributed by atoms with Crippen molar-refractivity contribution in [3.63, 3.8) is 0 Å². The minimum absolute atomic E-state index is 0.182. The lowest BCUT2D eigenvalue weighted by Crippen LogP contribution is -2.25. The molecule has 0 heterocycles. The van der Waals surface area contributed by atoms with E-state index in [1.54, 1.807) is 6.92 Å².